The summed E-state index contributed by atoms with van der Waals surface area (Å²) >= 11 is 0. The molecule has 0 radical (unpaired) electrons. The molecule has 21 heavy (non-hydrogen) atoms. The fourth-order valence-corrected chi connectivity index (χ4v) is 2.45. The smallest absolute Gasteiger partial charge is 0.397 e. The molecular formula is C11H16F3N3O3S. The van der Waals surface area contributed by atoms with Gasteiger partial charge in [-0.1, -0.05) is 0 Å². The molecular weight excluding hydrogens is 311 g/mol. The normalized spacial score (nSPS) is 12.4. The highest BCUT2D eigenvalue weighted by Crippen LogP contribution is 2.29. The molecule has 0 heterocycles. The number of hydrogen-bond acceptors (Lipinski definition) is 5. The number of alkyl halides is 3. The van der Waals surface area contributed by atoms with Crippen molar-refractivity contribution in [2.75, 3.05) is 37.4 Å². The van der Waals surface area contributed by atoms with Gasteiger partial charge in [0.25, 0.3) is 0 Å². The summed E-state index contributed by atoms with van der Waals surface area (Å²) in [5.74, 6) is 0. The van der Waals surface area contributed by atoms with Gasteiger partial charge >= 0.3 is 6.18 Å². The Bertz CT molecular complexity index is 590. The van der Waals surface area contributed by atoms with Crippen LogP contribution in [0.5, 0.6) is 0 Å². The molecule has 0 aliphatic heterocycles. The van der Waals surface area contributed by atoms with E-state index in [2.05, 4.69) is 4.72 Å². The second kappa shape index (κ2) is 6.50. The lowest BCUT2D eigenvalue weighted by atomic mass is 10.2. The molecule has 120 valence electrons. The monoisotopic (exact) mass is 327 g/mol. The molecule has 0 aromatic heterocycles. The van der Waals surface area contributed by atoms with Crippen LogP contribution in [0.3, 0.4) is 0 Å². The number of sulfonamides is 1. The summed E-state index contributed by atoms with van der Waals surface area (Å²) in [6.45, 7) is -2.20. The fraction of sp³-hybridized carbons (Fsp3) is 0.455. The zero-order chi connectivity index (χ0) is 16.3. The van der Waals surface area contributed by atoms with E-state index in [0.29, 0.717) is 0 Å². The molecule has 6 nitrogen and oxygen atoms in total. The van der Waals surface area contributed by atoms with Gasteiger partial charge in [-0.3, -0.25) is 0 Å². The number of hydrogen-bond donors (Lipinski definition) is 3. The first-order valence-corrected chi connectivity index (χ1v) is 7.34. The second-order valence-electron chi connectivity index (χ2n) is 4.19. The predicted molar refractivity (Wildman–Crippen MR) is 72.5 cm³/mol. The summed E-state index contributed by atoms with van der Waals surface area (Å²) in [6, 6.07) is 3.44. The highest BCUT2D eigenvalue weighted by atomic mass is 32.2. The number of rotatable bonds is 6. The van der Waals surface area contributed by atoms with Gasteiger partial charge in [-0.25, -0.2) is 13.1 Å². The first-order valence-electron chi connectivity index (χ1n) is 5.86. The van der Waals surface area contributed by atoms with Crippen LogP contribution in [-0.4, -0.2) is 46.4 Å². The number of benzene rings is 1. The van der Waals surface area contributed by atoms with Crippen LogP contribution in [0.2, 0.25) is 0 Å². The summed E-state index contributed by atoms with van der Waals surface area (Å²) in [5.41, 5.74) is 5.51. The molecule has 1 aromatic rings. The summed E-state index contributed by atoms with van der Waals surface area (Å²) in [7, 11) is -2.62. The van der Waals surface area contributed by atoms with Gasteiger partial charge in [-0.05, 0) is 25.2 Å². The van der Waals surface area contributed by atoms with Crippen molar-refractivity contribution >= 4 is 21.4 Å². The van der Waals surface area contributed by atoms with Crippen molar-refractivity contribution in [2.24, 2.45) is 0 Å². The second-order valence-corrected chi connectivity index (χ2v) is 6.08. The molecule has 1 rings (SSSR count). The Balaban J connectivity index is 3.27. The Morgan fingerprint density at radius 3 is 2.48 bits per heavy atom. The Kier molecular flexibility index (Phi) is 5.42. The fourth-order valence-electron chi connectivity index (χ4n) is 1.70. The van der Waals surface area contributed by atoms with Crippen molar-refractivity contribution in [1.29, 1.82) is 0 Å². The van der Waals surface area contributed by atoms with Crippen LogP contribution in [0.15, 0.2) is 23.1 Å². The van der Waals surface area contributed by atoms with Gasteiger partial charge in [-0.15, -0.1) is 0 Å². The summed E-state index contributed by atoms with van der Waals surface area (Å²) in [5, 5.41) is 8.88. The number of anilines is 2. The highest BCUT2D eigenvalue weighted by Gasteiger charge is 2.31. The number of nitrogens with two attached hydrogens (primary N) is 1. The molecule has 0 amide bonds. The van der Waals surface area contributed by atoms with E-state index >= 15 is 0 Å². The first kappa shape index (κ1) is 17.5. The maximum atomic E-state index is 12.6. The molecule has 1 aromatic carbocycles. The van der Waals surface area contributed by atoms with Crippen molar-refractivity contribution < 1.29 is 26.7 Å². The van der Waals surface area contributed by atoms with Gasteiger partial charge in [0.2, 0.25) is 10.0 Å². The van der Waals surface area contributed by atoms with E-state index in [0.717, 1.165) is 11.0 Å². The molecule has 0 spiro atoms. The highest BCUT2D eigenvalue weighted by molar-refractivity contribution is 7.89. The molecule has 0 aliphatic carbocycles. The van der Waals surface area contributed by atoms with Crippen LogP contribution in [0, 0.1) is 0 Å². The third kappa shape index (κ3) is 4.76. The number of nitrogens with zero attached hydrogens (tertiary/aromatic N) is 1. The molecule has 0 saturated heterocycles. The molecule has 10 heteroatoms. The van der Waals surface area contributed by atoms with Crippen LogP contribution < -0.4 is 15.4 Å². The van der Waals surface area contributed by atoms with Crippen molar-refractivity contribution in [3.05, 3.63) is 18.2 Å². The lowest BCUT2D eigenvalue weighted by molar-refractivity contribution is -0.119. The van der Waals surface area contributed by atoms with E-state index in [1.807, 2.05) is 0 Å². The van der Waals surface area contributed by atoms with E-state index in [1.54, 1.807) is 0 Å². The zero-order valence-corrected chi connectivity index (χ0v) is 12.0. The molecule has 0 atom stereocenters. The van der Waals surface area contributed by atoms with Gasteiger partial charge in [0.05, 0.1) is 22.9 Å². The molecule has 0 fully saturated rings. The van der Waals surface area contributed by atoms with Gasteiger partial charge in [0.1, 0.15) is 6.54 Å². The quantitative estimate of drug-likeness (QED) is 0.663. The number of aliphatic hydroxyl groups is 1. The average Bonchev–Trinajstić information content (AvgIpc) is 2.37. The third-order valence-electron chi connectivity index (χ3n) is 2.66. The summed E-state index contributed by atoms with van der Waals surface area (Å²) in [4.78, 5) is 0.573. The topological polar surface area (TPSA) is 95.7 Å². The minimum absolute atomic E-state index is 0.0113. The maximum Gasteiger partial charge on any atom is 0.405 e. The van der Waals surface area contributed by atoms with E-state index in [-0.39, 0.29) is 22.8 Å². The Morgan fingerprint density at radius 1 is 1.38 bits per heavy atom. The van der Waals surface area contributed by atoms with E-state index in [1.165, 1.54) is 19.2 Å². The molecule has 0 aliphatic rings. The summed E-state index contributed by atoms with van der Waals surface area (Å²) in [6.07, 6.45) is -4.51. The van der Waals surface area contributed by atoms with Crippen LogP contribution >= 0.6 is 0 Å². The predicted octanol–water partition coefficient (Wildman–Crippen LogP) is 0.538. The van der Waals surface area contributed by atoms with Crippen LogP contribution in [0.4, 0.5) is 24.5 Å². The van der Waals surface area contributed by atoms with Gasteiger partial charge in [-0.2, -0.15) is 13.2 Å². The Labute approximate surface area is 120 Å². The number of halogens is 3. The number of aliphatic hydroxyl groups excluding tert-OH is 1. The average molecular weight is 327 g/mol. The first-order chi connectivity index (χ1) is 9.60. The largest absolute Gasteiger partial charge is 0.405 e. The minimum Gasteiger partial charge on any atom is -0.397 e. The van der Waals surface area contributed by atoms with Crippen molar-refractivity contribution in [1.82, 2.24) is 4.72 Å². The van der Waals surface area contributed by atoms with E-state index in [4.69, 9.17) is 10.8 Å². The summed E-state index contributed by atoms with van der Waals surface area (Å²) < 4.78 is 63.1. The van der Waals surface area contributed by atoms with Crippen molar-refractivity contribution in [2.45, 2.75) is 11.1 Å². The van der Waals surface area contributed by atoms with Crippen LogP contribution in [-0.2, 0) is 10.0 Å². The van der Waals surface area contributed by atoms with Crippen molar-refractivity contribution in [3.8, 4) is 0 Å². The number of nitrogen functional groups attached to an aromatic ring is 1. The number of nitrogens with one attached hydrogen (secondary N) is 1. The van der Waals surface area contributed by atoms with Crippen LogP contribution in [0.25, 0.3) is 0 Å². The Hall–Kier alpha value is -1.52. The maximum absolute atomic E-state index is 12.6. The van der Waals surface area contributed by atoms with Gasteiger partial charge in [0.15, 0.2) is 0 Å². The third-order valence-corrected chi connectivity index (χ3v) is 4.07. The molecule has 0 bridgehead atoms. The van der Waals surface area contributed by atoms with E-state index < -0.39 is 29.4 Å². The zero-order valence-electron chi connectivity index (χ0n) is 11.2. The molecule has 4 N–H and O–H groups in total. The van der Waals surface area contributed by atoms with E-state index in [9.17, 15) is 21.6 Å². The van der Waals surface area contributed by atoms with Gasteiger partial charge < -0.3 is 15.7 Å². The van der Waals surface area contributed by atoms with Crippen LogP contribution in [0.1, 0.15) is 0 Å². The lowest BCUT2D eigenvalue weighted by Crippen LogP contribution is -2.36. The SMILES string of the molecule is CNS(=O)(=O)c1ccc(N)c(N(CCO)CC(F)(F)F)c1. The minimum atomic E-state index is -4.51. The van der Waals surface area contributed by atoms with Crippen molar-refractivity contribution in [3.63, 3.8) is 0 Å². The Morgan fingerprint density at radius 2 is 2.00 bits per heavy atom. The van der Waals surface area contributed by atoms with Gasteiger partial charge in [0, 0.05) is 6.54 Å². The molecule has 0 unspecified atom stereocenters. The lowest BCUT2D eigenvalue weighted by Gasteiger charge is -2.26. The molecule has 0 saturated carbocycles. The standard InChI is InChI=1S/C11H16F3N3O3S/c1-16-21(19,20)8-2-3-9(15)10(6-8)17(4-5-18)7-11(12,13)14/h2-3,6,16,18H,4-5,7,15H2,1H3.